The van der Waals surface area contributed by atoms with E-state index in [1.54, 1.807) is 29.2 Å². The lowest BCUT2D eigenvalue weighted by Crippen LogP contribution is -2.42. The van der Waals surface area contributed by atoms with E-state index < -0.39 is 0 Å². The van der Waals surface area contributed by atoms with Crippen molar-refractivity contribution in [2.45, 2.75) is 25.0 Å². The van der Waals surface area contributed by atoms with Gasteiger partial charge in [-0.05, 0) is 53.9 Å². The number of nitrogens with zero attached hydrogens (tertiary/aromatic N) is 6. The minimum atomic E-state index is -0.262. The number of halogens is 1. The van der Waals surface area contributed by atoms with Crippen LogP contribution in [0.1, 0.15) is 12.0 Å². The zero-order valence-corrected chi connectivity index (χ0v) is 21.0. The third-order valence-corrected chi connectivity index (χ3v) is 8.09. The Morgan fingerprint density at radius 3 is 2.74 bits per heavy atom. The van der Waals surface area contributed by atoms with Crippen LogP contribution in [0.2, 0.25) is 0 Å². The van der Waals surface area contributed by atoms with Crippen molar-refractivity contribution in [1.29, 1.82) is 0 Å². The third kappa shape index (κ3) is 3.65. The molecular weight excluding hydrogens is 491 g/mol. The third-order valence-electron chi connectivity index (χ3n) is 8.09. The number of likely N-dealkylation sites (tertiary alicyclic amines) is 1. The normalized spacial score (nSPS) is 19.0. The van der Waals surface area contributed by atoms with E-state index in [0.29, 0.717) is 29.0 Å². The number of benzene rings is 2. The monoisotopic (exact) mass is 516 g/mol. The Bertz CT molecular complexity index is 1840. The van der Waals surface area contributed by atoms with Gasteiger partial charge < -0.3 is 5.32 Å². The van der Waals surface area contributed by atoms with Gasteiger partial charge in [0.2, 0.25) is 0 Å². The van der Waals surface area contributed by atoms with Crippen LogP contribution in [-0.2, 0) is 6.54 Å². The van der Waals surface area contributed by atoms with Gasteiger partial charge in [0, 0.05) is 66.8 Å². The Balaban J connectivity index is 1.27. The maximum atomic E-state index is 15.7. The van der Waals surface area contributed by atoms with Crippen molar-refractivity contribution in [2.75, 3.05) is 13.1 Å². The molecule has 2 fully saturated rings. The smallest absolute Gasteiger partial charge is 0.164 e. The summed E-state index contributed by atoms with van der Waals surface area (Å²) >= 11 is 0. The molecule has 9 heteroatoms. The predicted molar refractivity (Wildman–Crippen MR) is 147 cm³/mol. The van der Waals surface area contributed by atoms with Crippen molar-refractivity contribution in [3.8, 4) is 33.6 Å². The standard InChI is InChI=1S/C30H25FN8/c31-25-12-18(16-38-17-20-13-21(38)14-34-20)4-5-23(25)27-8-11-33-30-28(22-2-1-3-26-24(22)15-35-36-26)29(37-39(27)30)19-6-9-32-10-7-19/h1-12,15,20-21,34H,13-14,16-17H2,(H,35,36)/t20-,21+/m1/s1. The summed E-state index contributed by atoms with van der Waals surface area (Å²) in [5, 5.41) is 16.8. The van der Waals surface area contributed by atoms with Crippen molar-refractivity contribution >= 4 is 16.6 Å². The van der Waals surface area contributed by atoms with E-state index in [9.17, 15) is 0 Å². The van der Waals surface area contributed by atoms with Crippen LogP contribution in [0.5, 0.6) is 0 Å². The summed E-state index contributed by atoms with van der Waals surface area (Å²) in [5.41, 5.74) is 7.18. The quantitative estimate of drug-likeness (QED) is 0.346. The van der Waals surface area contributed by atoms with Gasteiger partial charge in [-0.1, -0.05) is 18.2 Å². The predicted octanol–water partition coefficient (Wildman–Crippen LogP) is 4.69. The molecule has 2 atom stereocenters. The van der Waals surface area contributed by atoms with Crippen LogP contribution in [-0.4, -0.2) is 59.9 Å². The van der Waals surface area contributed by atoms with Crippen LogP contribution >= 0.6 is 0 Å². The summed E-state index contributed by atoms with van der Waals surface area (Å²) in [4.78, 5) is 11.4. The molecule has 0 radical (unpaired) electrons. The van der Waals surface area contributed by atoms with E-state index in [1.165, 1.54) is 6.42 Å². The molecule has 39 heavy (non-hydrogen) atoms. The van der Waals surface area contributed by atoms with Crippen LogP contribution in [0, 0.1) is 5.82 Å². The number of rotatable bonds is 5. The number of aromatic nitrogens is 6. The first-order valence-electron chi connectivity index (χ1n) is 13.2. The summed E-state index contributed by atoms with van der Waals surface area (Å²) < 4.78 is 17.5. The number of hydrogen-bond acceptors (Lipinski definition) is 6. The highest BCUT2D eigenvalue weighted by Gasteiger charge is 2.37. The summed E-state index contributed by atoms with van der Waals surface area (Å²) in [5.74, 6) is -0.262. The summed E-state index contributed by atoms with van der Waals surface area (Å²) in [7, 11) is 0. The number of hydrogen-bond donors (Lipinski definition) is 2. The Kier molecular flexibility index (Phi) is 5.07. The highest BCUT2D eigenvalue weighted by molar-refractivity contribution is 6.02. The SMILES string of the molecule is Fc1cc(CN2C[C@H]3C[C@H]2CN3)ccc1-c1ccnc2c(-c3cccc4[nH]ncc34)c(-c3ccncc3)nn12. The number of nitrogens with one attached hydrogen (secondary N) is 2. The maximum absolute atomic E-state index is 15.7. The molecule has 0 unspecified atom stereocenters. The summed E-state index contributed by atoms with van der Waals surface area (Å²) in [6, 6.07) is 18.4. The zero-order valence-electron chi connectivity index (χ0n) is 21.0. The number of fused-ring (bicyclic) bond motifs is 4. The van der Waals surface area contributed by atoms with Gasteiger partial charge in [0.25, 0.3) is 0 Å². The lowest BCUT2D eigenvalue weighted by Gasteiger charge is -2.27. The maximum Gasteiger partial charge on any atom is 0.164 e. The molecule has 0 amide bonds. The molecule has 8 rings (SSSR count). The van der Waals surface area contributed by atoms with Crippen LogP contribution in [0.4, 0.5) is 4.39 Å². The molecule has 192 valence electrons. The van der Waals surface area contributed by atoms with E-state index in [2.05, 4.69) is 25.4 Å². The van der Waals surface area contributed by atoms with Crippen LogP contribution < -0.4 is 5.32 Å². The van der Waals surface area contributed by atoms with Gasteiger partial charge in [0.15, 0.2) is 5.65 Å². The molecule has 2 aliphatic rings. The van der Waals surface area contributed by atoms with Crippen LogP contribution in [0.3, 0.4) is 0 Å². The van der Waals surface area contributed by atoms with E-state index in [1.807, 2.05) is 54.7 Å². The second-order valence-corrected chi connectivity index (χ2v) is 10.4. The molecule has 2 N–H and O–H groups in total. The lowest BCUT2D eigenvalue weighted by molar-refractivity contribution is 0.217. The first-order valence-corrected chi connectivity index (χ1v) is 13.2. The van der Waals surface area contributed by atoms with Gasteiger partial charge >= 0.3 is 0 Å². The minimum Gasteiger partial charge on any atom is -0.311 e. The first kappa shape index (κ1) is 22.5. The molecule has 0 spiro atoms. The average Bonchev–Trinajstić information content (AvgIpc) is 3.77. The molecule has 4 aromatic heterocycles. The van der Waals surface area contributed by atoms with Crippen LogP contribution in [0.25, 0.3) is 50.2 Å². The summed E-state index contributed by atoms with van der Waals surface area (Å²) in [6.07, 6.45) is 8.22. The van der Waals surface area contributed by atoms with Gasteiger partial charge in [-0.3, -0.25) is 15.0 Å². The van der Waals surface area contributed by atoms with Gasteiger partial charge in [0.1, 0.15) is 11.5 Å². The van der Waals surface area contributed by atoms with Gasteiger partial charge in [-0.2, -0.15) is 10.2 Å². The minimum absolute atomic E-state index is 0.262. The molecule has 0 aliphatic carbocycles. The topological polar surface area (TPSA) is 87.0 Å². The zero-order chi connectivity index (χ0) is 25.9. The number of aromatic amines is 1. The first-order chi connectivity index (χ1) is 19.2. The lowest BCUT2D eigenvalue weighted by atomic mass is 9.99. The van der Waals surface area contributed by atoms with Crippen molar-refractivity contribution in [1.82, 2.24) is 40.0 Å². The van der Waals surface area contributed by atoms with Crippen molar-refractivity contribution in [3.63, 3.8) is 0 Å². The Hall–Kier alpha value is -4.47. The van der Waals surface area contributed by atoms with E-state index >= 15 is 4.39 Å². The summed E-state index contributed by atoms with van der Waals surface area (Å²) in [6.45, 7) is 2.81. The van der Waals surface area contributed by atoms with E-state index in [-0.39, 0.29) is 5.82 Å². The number of H-pyrrole nitrogens is 1. The van der Waals surface area contributed by atoms with Crippen molar-refractivity contribution in [3.05, 3.63) is 90.8 Å². The molecule has 8 nitrogen and oxygen atoms in total. The van der Waals surface area contributed by atoms with E-state index in [0.717, 1.165) is 58.5 Å². The molecule has 2 aromatic carbocycles. The Morgan fingerprint density at radius 2 is 1.92 bits per heavy atom. The van der Waals surface area contributed by atoms with E-state index in [4.69, 9.17) is 10.1 Å². The molecule has 6 aromatic rings. The molecular formula is C30H25FN8. The second-order valence-electron chi connectivity index (χ2n) is 10.4. The highest BCUT2D eigenvalue weighted by Crippen LogP contribution is 2.39. The fourth-order valence-corrected chi connectivity index (χ4v) is 6.24. The Labute approximate surface area is 223 Å². The molecule has 2 aliphatic heterocycles. The van der Waals surface area contributed by atoms with Gasteiger partial charge in [-0.25, -0.2) is 13.9 Å². The number of pyridine rings is 1. The van der Waals surface area contributed by atoms with Crippen molar-refractivity contribution < 1.29 is 4.39 Å². The second kappa shape index (κ2) is 8.79. The van der Waals surface area contributed by atoms with Crippen LogP contribution in [0.15, 0.2) is 79.4 Å². The molecule has 2 bridgehead atoms. The average molecular weight is 517 g/mol. The molecule has 0 saturated carbocycles. The Morgan fingerprint density at radius 1 is 1.00 bits per heavy atom. The largest absolute Gasteiger partial charge is 0.311 e. The fraction of sp³-hybridized carbons (Fsp3) is 0.200. The fourth-order valence-electron chi connectivity index (χ4n) is 6.24. The van der Waals surface area contributed by atoms with Gasteiger partial charge in [-0.15, -0.1) is 0 Å². The molecule has 6 heterocycles. The highest BCUT2D eigenvalue weighted by atomic mass is 19.1. The molecule has 2 saturated heterocycles. The van der Waals surface area contributed by atoms with Gasteiger partial charge in [0.05, 0.1) is 23.0 Å². The van der Waals surface area contributed by atoms with Crippen molar-refractivity contribution in [2.24, 2.45) is 0 Å². The number of piperazine rings is 1.